The summed E-state index contributed by atoms with van der Waals surface area (Å²) in [5.74, 6) is 0. The van der Waals surface area contributed by atoms with Crippen LogP contribution in [0.15, 0.2) is 158 Å². The summed E-state index contributed by atoms with van der Waals surface area (Å²) in [6.07, 6.45) is 0. The van der Waals surface area contributed by atoms with Crippen molar-refractivity contribution in [3.05, 3.63) is 158 Å². The van der Waals surface area contributed by atoms with Crippen LogP contribution in [0.1, 0.15) is 0 Å². The van der Waals surface area contributed by atoms with E-state index in [0.717, 1.165) is 0 Å². The lowest BCUT2D eigenvalue weighted by Gasteiger charge is -2.12. The second kappa shape index (κ2) is 9.37. The third kappa shape index (κ3) is 3.32. The first-order valence-electron chi connectivity index (χ1n) is 16.6. The van der Waals surface area contributed by atoms with Crippen molar-refractivity contribution in [2.24, 2.45) is 7.05 Å². The minimum atomic E-state index is 1.18. The van der Waals surface area contributed by atoms with Gasteiger partial charge in [0.05, 0.1) is 22.1 Å². The van der Waals surface area contributed by atoms with Crippen LogP contribution in [-0.2, 0) is 7.05 Å². The Bertz CT molecular complexity index is 3020. The van der Waals surface area contributed by atoms with Crippen LogP contribution in [0.2, 0.25) is 0 Å². The van der Waals surface area contributed by atoms with Crippen molar-refractivity contribution in [2.75, 3.05) is 0 Å². The molecule has 3 heterocycles. The molecule has 0 spiro atoms. The third-order valence-corrected chi connectivity index (χ3v) is 10.6. The predicted molar refractivity (Wildman–Crippen MR) is 204 cm³/mol. The van der Waals surface area contributed by atoms with E-state index in [9.17, 15) is 0 Å². The van der Waals surface area contributed by atoms with Crippen LogP contribution in [-0.4, -0.2) is 13.7 Å². The lowest BCUT2D eigenvalue weighted by atomic mass is 9.97. The molecule has 0 aliphatic rings. The fourth-order valence-corrected chi connectivity index (χ4v) is 8.50. The molecule has 8 aromatic carbocycles. The number of benzene rings is 8. The molecule has 0 atom stereocenters. The largest absolute Gasteiger partial charge is 0.344 e. The third-order valence-electron chi connectivity index (χ3n) is 10.6. The molecule has 0 unspecified atom stereocenters. The first kappa shape index (κ1) is 25.8. The normalized spacial score (nSPS) is 12.3. The van der Waals surface area contributed by atoms with Crippen molar-refractivity contribution in [1.29, 1.82) is 0 Å². The van der Waals surface area contributed by atoms with Gasteiger partial charge in [0.25, 0.3) is 0 Å². The number of nitrogens with zero attached hydrogens (tertiary/aromatic N) is 3. The summed E-state index contributed by atoms with van der Waals surface area (Å²) in [7, 11) is 2.20. The lowest BCUT2D eigenvalue weighted by Crippen LogP contribution is -1.94. The van der Waals surface area contributed by atoms with Gasteiger partial charge in [0.15, 0.2) is 0 Å². The molecule has 48 heavy (non-hydrogen) atoms. The standard InChI is InChI=1S/C45H29N3/c1-46-38-25-23-31(48-41-16-8-4-12-34(41)35-13-5-9-17-42(35)48)27-37(38)45-43(46)24-21-29-19-18-28-20-22-30(26-36(28)44(29)45)47-39-14-6-2-10-32(39)33-11-3-7-15-40(33)47/h2-27H,1H3. The highest BCUT2D eigenvalue weighted by atomic mass is 15.0. The highest BCUT2D eigenvalue weighted by Crippen LogP contribution is 2.41. The van der Waals surface area contributed by atoms with Gasteiger partial charge in [-0.15, -0.1) is 0 Å². The number of aromatic nitrogens is 3. The van der Waals surface area contributed by atoms with Gasteiger partial charge in [-0.1, -0.05) is 97.1 Å². The van der Waals surface area contributed by atoms with Crippen LogP contribution in [0.25, 0.3) is 98.3 Å². The molecule has 0 aliphatic carbocycles. The Morgan fingerprint density at radius 2 is 0.729 bits per heavy atom. The second-order valence-electron chi connectivity index (χ2n) is 13.0. The Balaban J connectivity index is 1.25. The summed E-state index contributed by atoms with van der Waals surface area (Å²) in [5, 5.41) is 12.8. The highest BCUT2D eigenvalue weighted by Gasteiger charge is 2.18. The molecule has 0 aliphatic heterocycles. The zero-order chi connectivity index (χ0) is 31.5. The number of para-hydroxylation sites is 4. The van der Waals surface area contributed by atoms with E-state index in [1.165, 1.54) is 98.3 Å². The topological polar surface area (TPSA) is 14.8 Å². The quantitative estimate of drug-likeness (QED) is 0.173. The average molecular weight is 612 g/mol. The van der Waals surface area contributed by atoms with Crippen molar-refractivity contribution in [1.82, 2.24) is 13.7 Å². The van der Waals surface area contributed by atoms with Gasteiger partial charge >= 0.3 is 0 Å². The lowest BCUT2D eigenvalue weighted by molar-refractivity contribution is 1.01. The summed E-state index contributed by atoms with van der Waals surface area (Å²) < 4.78 is 7.20. The van der Waals surface area contributed by atoms with Crippen LogP contribution in [0.5, 0.6) is 0 Å². The molecule has 0 radical (unpaired) electrons. The van der Waals surface area contributed by atoms with Gasteiger partial charge in [-0.2, -0.15) is 0 Å². The van der Waals surface area contributed by atoms with Crippen LogP contribution in [0.3, 0.4) is 0 Å². The summed E-state index contributed by atoms with van der Waals surface area (Å²) >= 11 is 0. The molecule has 11 rings (SSSR count). The minimum absolute atomic E-state index is 1.18. The van der Waals surface area contributed by atoms with E-state index in [0.29, 0.717) is 0 Å². The molecule has 3 aromatic heterocycles. The molecule has 0 amide bonds. The Morgan fingerprint density at radius 3 is 1.29 bits per heavy atom. The smallest absolute Gasteiger partial charge is 0.0541 e. The number of rotatable bonds is 2. The maximum absolute atomic E-state index is 2.42. The van der Waals surface area contributed by atoms with Gasteiger partial charge in [0.2, 0.25) is 0 Å². The maximum Gasteiger partial charge on any atom is 0.0541 e. The van der Waals surface area contributed by atoms with Gasteiger partial charge in [0.1, 0.15) is 0 Å². The van der Waals surface area contributed by atoms with Crippen LogP contribution >= 0.6 is 0 Å². The van der Waals surface area contributed by atoms with E-state index in [1.54, 1.807) is 0 Å². The first-order valence-corrected chi connectivity index (χ1v) is 16.6. The molecule has 0 saturated carbocycles. The Labute approximate surface area is 276 Å². The first-order chi connectivity index (χ1) is 23.7. The van der Waals surface area contributed by atoms with E-state index >= 15 is 0 Å². The van der Waals surface area contributed by atoms with E-state index < -0.39 is 0 Å². The van der Waals surface area contributed by atoms with Crippen molar-refractivity contribution in [3.8, 4) is 11.4 Å². The van der Waals surface area contributed by atoms with Gasteiger partial charge < -0.3 is 13.7 Å². The summed E-state index contributed by atoms with van der Waals surface area (Å²) in [6.45, 7) is 0. The van der Waals surface area contributed by atoms with Gasteiger partial charge in [-0.05, 0) is 82.2 Å². The Morgan fingerprint density at radius 1 is 0.312 bits per heavy atom. The molecule has 224 valence electrons. The van der Waals surface area contributed by atoms with E-state index in [4.69, 9.17) is 0 Å². The molecule has 11 aromatic rings. The molecule has 3 heteroatoms. The predicted octanol–water partition coefficient (Wildman–Crippen LogP) is 11.8. The number of fused-ring (bicyclic) bond motifs is 13. The van der Waals surface area contributed by atoms with Crippen LogP contribution in [0.4, 0.5) is 0 Å². The molecule has 0 saturated heterocycles. The number of hydrogen-bond donors (Lipinski definition) is 0. The van der Waals surface area contributed by atoms with Gasteiger partial charge in [-0.3, -0.25) is 0 Å². The monoisotopic (exact) mass is 611 g/mol. The highest BCUT2D eigenvalue weighted by molar-refractivity contribution is 6.28. The van der Waals surface area contributed by atoms with Crippen LogP contribution < -0.4 is 0 Å². The minimum Gasteiger partial charge on any atom is -0.344 e. The Kier molecular flexibility index (Phi) is 5.04. The fourth-order valence-electron chi connectivity index (χ4n) is 8.50. The molecule has 0 fully saturated rings. The molecular weight excluding hydrogens is 583 g/mol. The van der Waals surface area contributed by atoms with E-state index in [-0.39, 0.29) is 0 Å². The van der Waals surface area contributed by atoms with E-state index in [2.05, 4.69) is 178 Å². The van der Waals surface area contributed by atoms with Crippen molar-refractivity contribution >= 4 is 87.0 Å². The second-order valence-corrected chi connectivity index (χ2v) is 13.0. The molecular formula is C45H29N3. The zero-order valence-electron chi connectivity index (χ0n) is 26.4. The summed E-state index contributed by atoms with van der Waals surface area (Å²) in [5.41, 5.74) is 9.73. The molecule has 3 nitrogen and oxygen atoms in total. The summed E-state index contributed by atoms with van der Waals surface area (Å²) in [6, 6.07) is 58.1. The summed E-state index contributed by atoms with van der Waals surface area (Å²) in [4.78, 5) is 0. The maximum atomic E-state index is 2.42. The van der Waals surface area contributed by atoms with Crippen molar-refractivity contribution in [3.63, 3.8) is 0 Å². The molecule has 0 bridgehead atoms. The number of hydrogen-bond acceptors (Lipinski definition) is 0. The van der Waals surface area contributed by atoms with Gasteiger partial charge in [0, 0.05) is 61.8 Å². The average Bonchev–Trinajstić information content (AvgIpc) is 3.76. The number of aryl methyl sites for hydroxylation is 1. The SMILES string of the molecule is Cn1c2ccc(-n3c4ccccc4c4ccccc43)cc2c2c3c(ccc4ccc(-n5c6ccccc6c6ccccc65)cc43)ccc21. The van der Waals surface area contributed by atoms with Gasteiger partial charge in [-0.25, -0.2) is 0 Å². The van der Waals surface area contributed by atoms with Crippen molar-refractivity contribution < 1.29 is 0 Å². The van der Waals surface area contributed by atoms with Crippen molar-refractivity contribution in [2.45, 2.75) is 0 Å². The fraction of sp³-hybridized carbons (Fsp3) is 0.0222. The molecule has 0 N–H and O–H groups in total. The van der Waals surface area contributed by atoms with Crippen LogP contribution in [0, 0.1) is 0 Å². The Hall–Kier alpha value is -6.32. The van der Waals surface area contributed by atoms with E-state index in [1.807, 2.05) is 0 Å². The zero-order valence-corrected chi connectivity index (χ0v) is 26.4.